The summed E-state index contributed by atoms with van der Waals surface area (Å²) in [6, 6.07) is 11.4. The van der Waals surface area contributed by atoms with Gasteiger partial charge < -0.3 is 10.3 Å². The predicted octanol–water partition coefficient (Wildman–Crippen LogP) is 4.78. The highest BCUT2D eigenvalue weighted by Crippen LogP contribution is 2.32. The van der Waals surface area contributed by atoms with E-state index in [2.05, 4.69) is 15.3 Å². The molecule has 0 bridgehead atoms. The molecule has 0 fully saturated rings. The Balaban J connectivity index is 1.72. The van der Waals surface area contributed by atoms with E-state index >= 15 is 0 Å². The molecule has 3 rings (SSSR count). The van der Waals surface area contributed by atoms with Crippen molar-refractivity contribution in [3.8, 4) is 0 Å². The molecule has 0 radical (unpaired) electrons. The number of hydrogen-bond donors (Lipinski definition) is 2. The van der Waals surface area contributed by atoms with Crippen LogP contribution in [0.2, 0.25) is 0 Å². The highest BCUT2D eigenvalue weighted by atomic mass is 19.4. The number of halogens is 3. The molecular weight excluding hydrogens is 407 g/mol. The van der Waals surface area contributed by atoms with Crippen molar-refractivity contribution in [1.29, 1.82) is 0 Å². The molecule has 2 aromatic carbocycles. The first kappa shape index (κ1) is 22.5. The van der Waals surface area contributed by atoms with Crippen LogP contribution in [0.1, 0.15) is 49.7 Å². The Morgan fingerprint density at radius 1 is 1.13 bits per heavy atom. The van der Waals surface area contributed by atoms with Gasteiger partial charge in [0.1, 0.15) is 5.82 Å². The molecule has 0 saturated heterocycles. The molecule has 1 aromatic heterocycles. The van der Waals surface area contributed by atoms with Crippen molar-refractivity contribution in [2.24, 2.45) is 5.92 Å². The van der Waals surface area contributed by atoms with Crippen LogP contribution in [0, 0.1) is 5.92 Å². The van der Waals surface area contributed by atoms with Gasteiger partial charge in [-0.05, 0) is 42.2 Å². The summed E-state index contributed by atoms with van der Waals surface area (Å²) in [7, 11) is 0. The lowest BCUT2D eigenvalue weighted by Gasteiger charge is -2.22. The first-order valence-corrected chi connectivity index (χ1v) is 10.1. The van der Waals surface area contributed by atoms with Gasteiger partial charge in [0, 0.05) is 12.8 Å². The number of benzene rings is 2. The lowest BCUT2D eigenvalue weighted by Crippen LogP contribution is -2.30. The number of H-pyrrole nitrogens is 1. The maximum Gasteiger partial charge on any atom is 0.416 e. The maximum absolute atomic E-state index is 13.1. The lowest BCUT2D eigenvalue weighted by molar-refractivity contribution is -0.137. The van der Waals surface area contributed by atoms with Crippen LogP contribution in [0.3, 0.4) is 0 Å². The Morgan fingerprint density at radius 3 is 2.58 bits per heavy atom. The summed E-state index contributed by atoms with van der Waals surface area (Å²) in [5.41, 5.74) is -0.0639. The van der Waals surface area contributed by atoms with Gasteiger partial charge in [0.25, 0.3) is 5.56 Å². The van der Waals surface area contributed by atoms with Crippen molar-refractivity contribution >= 4 is 16.8 Å². The molecular formula is C23H24F3N3O2. The molecule has 1 amide bonds. The quantitative estimate of drug-likeness (QED) is 0.566. The number of hydrogen-bond acceptors (Lipinski definition) is 3. The Kier molecular flexibility index (Phi) is 6.77. The first-order valence-electron chi connectivity index (χ1n) is 10.1. The minimum atomic E-state index is -4.45. The van der Waals surface area contributed by atoms with E-state index < -0.39 is 17.8 Å². The second-order valence-electron chi connectivity index (χ2n) is 7.90. The van der Waals surface area contributed by atoms with E-state index in [0.717, 1.165) is 12.1 Å². The monoisotopic (exact) mass is 431 g/mol. The fraction of sp³-hybridized carbons (Fsp3) is 0.348. The third kappa shape index (κ3) is 5.93. The van der Waals surface area contributed by atoms with E-state index in [9.17, 15) is 22.8 Å². The Hall–Kier alpha value is -3.16. The largest absolute Gasteiger partial charge is 0.416 e. The number of fused-ring (bicyclic) bond motifs is 1. The lowest BCUT2D eigenvalue weighted by atomic mass is 9.95. The maximum atomic E-state index is 13.1. The van der Waals surface area contributed by atoms with Gasteiger partial charge in [0.2, 0.25) is 5.91 Å². The van der Waals surface area contributed by atoms with Crippen LogP contribution in [0.5, 0.6) is 0 Å². The second kappa shape index (κ2) is 9.32. The van der Waals surface area contributed by atoms with Gasteiger partial charge in [0.05, 0.1) is 22.5 Å². The van der Waals surface area contributed by atoms with Crippen LogP contribution >= 0.6 is 0 Å². The molecule has 0 aliphatic rings. The average Bonchev–Trinajstić information content (AvgIpc) is 2.71. The fourth-order valence-corrected chi connectivity index (χ4v) is 3.43. The second-order valence-corrected chi connectivity index (χ2v) is 7.90. The van der Waals surface area contributed by atoms with E-state index in [1.54, 1.807) is 30.3 Å². The highest BCUT2D eigenvalue weighted by Gasteiger charge is 2.31. The molecule has 5 nitrogen and oxygen atoms in total. The number of alkyl halides is 3. The zero-order valence-corrected chi connectivity index (χ0v) is 17.3. The van der Waals surface area contributed by atoms with Crippen LogP contribution in [0.4, 0.5) is 13.2 Å². The number of nitrogens with zero attached hydrogens (tertiary/aromatic N) is 1. The van der Waals surface area contributed by atoms with E-state index in [0.29, 0.717) is 28.7 Å². The molecule has 31 heavy (non-hydrogen) atoms. The van der Waals surface area contributed by atoms with E-state index in [1.165, 1.54) is 6.07 Å². The summed E-state index contributed by atoms with van der Waals surface area (Å²) in [4.78, 5) is 31.8. The van der Waals surface area contributed by atoms with Crippen molar-refractivity contribution in [3.63, 3.8) is 0 Å². The van der Waals surface area contributed by atoms with Crippen LogP contribution in [-0.2, 0) is 17.4 Å². The number of nitrogens with one attached hydrogen (secondary N) is 2. The zero-order chi connectivity index (χ0) is 22.6. The van der Waals surface area contributed by atoms with Crippen LogP contribution in [0.15, 0.2) is 53.3 Å². The number of carbonyl (C=O) groups is 1. The number of amides is 1. The van der Waals surface area contributed by atoms with Crippen LogP contribution in [-0.4, -0.2) is 15.9 Å². The number of para-hydroxylation sites is 1. The molecule has 8 heteroatoms. The van der Waals surface area contributed by atoms with Crippen molar-refractivity contribution < 1.29 is 18.0 Å². The SMILES string of the molecule is CC(C)CC(NC(=O)CCc1nc2ccccc2c(=O)[nH]1)c1cccc(C(F)(F)F)c1. The van der Waals surface area contributed by atoms with Crippen molar-refractivity contribution in [3.05, 3.63) is 75.8 Å². The predicted molar refractivity (Wildman–Crippen MR) is 112 cm³/mol. The summed E-state index contributed by atoms with van der Waals surface area (Å²) in [6.45, 7) is 3.88. The Bertz CT molecular complexity index is 1120. The van der Waals surface area contributed by atoms with Crippen molar-refractivity contribution in [2.75, 3.05) is 0 Å². The number of rotatable bonds is 7. The Labute approximate surface area is 177 Å². The molecule has 164 valence electrons. The van der Waals surface area contributed by atoms with Gasteiger partial charge >= 0.3 is 6.18 Å². The average molecular weight is 431 g/mol. The van der Waals surface area contributed by atoms with Gasteiger partial charge in [0.15, 0.2) is 0 Å². The van der Waals surface area contributed by atoms with Crippen molar-refractivity contribution in [1.82, 2.24) is 15.3 Å². The highest BCUT2D eigenvalue weighted by molar-refractivity contribution is 5.78. The molecule has 0 aliphatic carbocycles. The smallest absolute Gasteiger partial charge is 0.349 e. The zero-order valence-electron chi connectivity index (χ0n) is 17.3. The molecule has 1 atom stereocenters. The number of carbonyl (C=O) groups excluding carboxylic acids is 1. The molecule has 0 aliphatic heterocycles. The van der Waals surface area contributed by atoms with Gasteiger partial charge in [-0.25, -0.2) is 4.98 Å². The summed E-state index contributed by atoms with van der Waals surface area (Å²) in [5.74, 6) is 0.232. The summed E-state index contributed by atoms with van der Waals surface area (Å²) in [6.07, 6.45) is -3.69. The molecule has 2 N–H and O–H groups in total. The summed E-state index contributed by atoms with van der Waals surface area (Å²) < 4.78 is 39.3. The number of aryl methyl sites for hydroxylation is 1. The fourth-order valence-electron chi connectivity index (χ4n) is 3.43. The van der Waals surface area contributed by atoms with Gasteiger partial charge in [-0.15, -0.1) is 0 Å². The molecule has 1 heterocycles. The minimum Gasteiger partial charge on any atom is -0.349 e. The van der Waals surface area contributed by atoms with E-state index in [4.69, 9.17) is 0 Å². The van der Waals surface area contributed by atoms with Gasteiger partial charge in [-0.1, -0.05) is 38.1 Å². The topological polar surface area (TPSA) is 74.8 Å². The first-order chi connectivity index (χ1) is 14.6. The Morgan fingerprint density at radius 2 is 1.87 bits per heavy atom. The summed E-state index contributed by atoms with van der Waals surface area (Å²) in [5, 5.41) is 3.31. The van der Waals surface area contributed by atoms with Gasteiger partial charge in [-0.3, -0.25) is 9.59 Å². The van der Waals surface area contributed by atoms with E-state index in [-0.39, 0.29) is 30.2 Å². The third-order valence-electron chi connectivity index (χ3n) is 4.91. The molecule has 3 aromatic rings. The summed E-state index contributed by atoms with van der Waals surface area (Å²) >= 11 is 0. The van der Waals surface area contributed by atoms with Crippen molar-refractivity contribution in [2.45, 2.75) is 45.3 Å². The number of aromatic nitrogens is 2. The standard InChI is InChI=1S/C23H24F3N3O2/c1-14(2)12-19(15-6-5-7-16(13-15)23(24,25)26)28-21(30)11-10-20-27-18-9-4-3-8-17(18)22(31)29-20/h3-9,13-14,19H,10-12H2,1-2H3,(H,28,30)(H,27,29,31). The van der Waals surface area contributed by atoms with Crippen LogP contribution in [0.25, 0.3) is 10.9 Å². The minimum absolute atomic E-state index is 0.0504. The molecule has 1 unspecified atom stereocenters. The third-order valence-corrected chi connectivity index (χ3v) is 4.91. The molecule has 0 spiro atoms. The van der Waals surface area contributed by atoms with E-state index in [1.807, 2.05) is 13.8 Å². The van der Waals surface area contributed by atoms with Crippen LogP contribution < -0.4 is 10.9 Å². The molecule has 0 saturated carbocycles. The van der Waals surface area contributed by atoms with Gasteiger partial charge in [-0.2, -0.15) is 13.2 Å². The normalized spacial score (nSPS) is 12.8. The number of aromatic amines is 1.